The van der Waals surface area contributed by atoms with Gasteiger partial charge in [0.2, 0.25) is 23.6 Å². The van der Waals surface area contributed by atoms with Crippen LogP contribution in [0, 0.1) is 0 Å². The second-order valence-corrected chi connectivity index (χ2v) is 11.0. The molecule has 0 bridgehead atoms. The van der Waals surface area contributed by atoms with Crippen molar-refractivity contribution >= 4 is 47.4 Å². The van der Waals surface area contributed by atoms with E-state index in [9.17, 15) is 38.4 Å². The van der Waals surface area contributed by atoms with Crippen molar-refractivity contribution in [1.29, 1.82) is 0 Å². The number of unbranched alkanes of at least 4 members (excludes halogenated alkanes) is 4. The lowest BCUT2D eigenvalue weighted by atomic mass is 9.74. The number of hydrogen-bond donors (Lipinski definition) is 4. The van der Waals surface area contributed by atoms with Gasteiger partial charge in [-0.25, -0.2) is 4.79 Å². The van der Waals surface area contributed by atoms with Crippen LogP contribution in [0.5, 0.6) is 0 Å². The quantitative estimate of drug-likeness (QED) is 0.0797. The molecular formula is C31H41N5O9. The number of carbonyl (C=O) groups excluding carboxylic acids is 8. The van der Waals surface area contributed by atoms with Crippen molar-refractivity contribution in [2.24, 2.45) is 0 Å². The Bertz CT molecular complexity index is 1290. The number of urea groups is 1. The predicted molar refractivity (Wildman–Crippen MR) is 159 cm³/mol. The monoisotopic (exact) mass is 627 g/mol. The van der Waals surface area contributed by atoms with Gasteiger partial charge in [0.05, 0.1) is 12.8 Å². The van der Waals surface area contributed by atoms with Crippen LogP contribution in [0.2, 0.25) is 0 Å². The highest BCUT2D eigenvalue weighted by molar-refractivity contribution is 6.22. The number of barbiturate groups is 1. The fraction of sp³-hybridized carbons (Fsp3) is 0.548. The number of carbonyl (C=O) groups is 8. The summed E-state index contributed by atoms with van der Waals surface area (Å²) in [7, 11) is 0. The van der Waals surface area contributed by atoms with Gasteiger partial charge in [-0.05, 0) is 37.7 Å². The average Bonchev–Trinajstić information content (AvgIpc) is 3.33. The molecule has 14 heteroatoms. The summed E-state index contributed by atoms with van der Waals surface area (Å²) in [6.45, 7) is 2.78. The Balaban J connectivity index is 1.21. The molecule has 8 amide bonds. The normalized spacial score (nSPS) is 19.6. The molecule has 2 unspecified atom stereocenters. The van der Waals surface area contributed by atoms with Crippen LogP contribution in [-0.4, -0.2) is 78.1 Å². The van der Waals surface area contributed by atoms with Crippen molar-refractivity contribution in [3.63, 3.8) is 0 Å². The molecule has 2 fully saturated rings. The van der Waals surface area contributed by atoms with E-state index in [0.29, 0.717) is 31.5 Å². The minimum atomic E-state index is -1.46. The Morgan fingerprint density at radius 1 is 0.844 bits per heavy atom. The highest BCUT2D eigenvalue weighted by Gasteiger charge is 2.53. The lowest BCUT2D eigenvalue weighted by Crippen LogP contribution is -2.65. The number of amides is 8. The van der Waals surface area contributed by atoms with Crippen LogP contribution in [-0.2, 0) is 43.7 Å². The van der Waals surface area contributed by atoms with E-state index >= 15 is 0 Å². The van der Waals surface area contributed by atoms with Crippen molar-refractivity contribution in [2.45, 2.75) is 89.1 Å². The molecular weight excluding hydrogens is 586 g/mol. The number of rotatable bonds is 18. The van der Waals surface area contributed by atoms with E-state index in [0.717, 1.165) is 30.6 Å². The number of benzene rings is 1. The number of hydrogen-bond acceptors (Lipinski definition) is 9. The van der Waals surface area contributed by atoms with Crippen molar-refractivity contribution in [1.82, 2.24) is 26.2 Å². The SMILES string of the molecule is CCC1(c2ccccc2)C(=O)NC(=O)N(CCCCC(=O)NCCCCCCNC(=O)CCC(=O)OC2CC(=O)NC2=O)C1=O. The van der Waals surface area contributed by atoms with E-state index in [1.165, 1.54) is 0 Å². The lowest BCUT2D eigenvalue weighted by molar-refractivity contribution is -0.154. The van der Waals surface area contributed by atoms with Gasteiger partial charge in [0.15, 0.2) is 11.5 Å². The van der Waals surface area contributed by atoms with Crippen molar-refractivity contribution in [2.75, 3.05) is 19.6 Å². The molecule has 2 heterocycles. The number of esters is 1. The molecule has 45 heavy (non-hydrogen) atoms. The van der Waals surface area contributed by atoms with Crippen LogP contribution in [0.1, 0.15) is 83.1 Å². The fourth-order valence-corrected chi connectivity index (χ4v) is 5.24. The van der Waals surface area contributed by atoms with E-state index < -0.39 is 47.1 Å². The molecule has 244 valence electrons. The first-order valence-corrected chi connectivity index (χ1v) is 15.4. The zero-order valence-electron chi connectivity index (χ0n) is 25.5. The second-order valence-electron chi connectivity index (χ2n) is 11.0. The van der Waals surface area contributed by atoms with Gasteiger partial charge in [0.1, 0.15) is 0 Å². The molecule has 14 nitrogen and oxygen atoms in total. The molecule has 1 aromatic rings. The van der Waals surface area contributed by atoms with Crippen molar-refractivity contribution < 1.29 is 43.1 Å². The van der Waals surface area contributed by atoms with Crippen molar-refractivity contribution in [3.8, 4) is 0 Å². The summed E-state index contributed by atoms with van der Waals surface area (Å²) in [6.07, 6.45) is 2.89. The minimum Gasteiger partial charge on any atom is -0.452 e. The molecule has 2 aliphatic rings. The van der Waals surface area contributed by atoms with Gasteiger partial charge in [-0.3, -0.25) is 49.1 Å². The van der Waals surface area contributed by atoms with Gasteiger partial charge in [-0.2, -0.15) is 0 Å². The Kier molecular flexibility index (Phi) is 13.2. The standard InChI is InChI=1S/C31H41N5O9/c1-2-31(21-12-6-5-7-13-21)28(42)35-30(44)36(29(31)43)19-11-8-14-23(37)32-17-9-3-4-10-18-33-24(38)15-16-26(40)45-22-20-25(39)34-27(22)41/h5-7,12-13,22H,2-4,8-11,14-20H2,1H3,(H,32,37)(H,33,38)(H,34,39,41)(H,35,42,44). The van der Waals surface area contributed by atoms with E-state index in [-0.39, 0.29) is 50.5 Å². The Morgan fingerprint density at radius 2 is 1.49 bits per heavy atom. The van der Waals surface area contributed by atoms with Gasteiger partial charge in [-0.1, -0.05) is 50.1 Å². The fourth-order valence-electron chi connectivity index (χ4n) is 5.24. The largest absolute Gasteiger partial charge is 0.452 e. The van der Waals surface area contributed by atoms with Crippen LogP contribution >= 0.6 is 0 Å². The van der Waals surface area contributed by atoms with E-state index in [1.54, 1.807) is 37.3 Å². The summed E-state index contributed by atoms with van der Waals surface area (Å²) in [6, 6.07) is 7.93. The third-order valence-corrected chi connectivity index (χ3v) is 7.80. The summed E-state index contributed by atoms with van der Waals surface area (Å²) in [4.78, 5) is 98.1. The topological polar surface area (TPSA) is 197 Å². The highest BCUT2D eigenvalue weighted by Crippen LogP contribution is 2.33. The summed E-state index contributed by atoms with van der Waals surface area (Å²) < 4.78 is 4.91. The van der Waals surface area contributed by atoms with Crippen LogP contribution in [0.3, 0.4) is 0 Å². The molecule has 1 aromatic carbocycles. The number of ether oxygens (including phenoxy) is 1. The third kappa shape index (κ3) is 9.68. The molecule has 4 N–H and O–H groups in total. The molecule has 3 rings (SSSR count). The first-order valence-electron chi connectivity index (χ1n) is 15.4. The van der Waals surface area contributed by atoms with Gasteiger partial charge >= 0.3 is 12.0 Å². The zero-order valence-corrected chi connectivity index (χ0v) is 25.5. The Labute approximate surface area is 261 Å². The molecule has 2 atom stereocenters. The van der Waals surface area contributed by atoms with E-state index in [2.05, 4.69) is 16.0 Å². The maximum absolute atomic E-state index is 13.4. The third-order valence-electron chi connectivity index (χ3n) is 7.80. The highest BCUT2D eigenvalue weighted by atomic mass is 16.5. The molecule has 0 aliphatic carbocycles. The summed E-state index contributed by atoms with van der Waals surface area (Å²) in [5.41, 5.74) is -0.932. The van der Waals surface area contributed by atoms with Gasteiger partial charge in [0.25, 0.3) is 11.8 Å². The molecule has 0 radical (unpaired) electrons. The van der Waals surface area contributed by atoms with E-state index in [4.69, 9.17) is 4.74 Å². The molecule has 2 saturated heterocycles. The Morgan fingerprint density at radius 3 is 2.09 bits per heavy atom. The first-order chi connectivity index (χ1) is 21.6. The van der Waals surface area contributed by atoms with Crippen LogP contribution in [0.25, 0.3) is 0 Å². The van der Waals surface area contributed by atoms with Crippen LogP contribution in [0.15, 0.2) is 30.3 Å². The van der Waals surface area contributed by atoms with E-state index in [1.807, 2.05) is 5.32 Å². The zero-order chi connectivity index (χ0) is 32.8. The summed E-state index contributed by atoms with van der Waals surface area (Å²) >= 11 is 0. The average molecular weight is 628 g/mol. The number of imide groups is 3. The van der Waals surface area contributed by atoms with Crippen LogP contribution < -0.4 is 21.3 Å². The minimum absolute atomic E-state index is 0.0818. The summed E-state index contributed by atoms with van der Waals surface area (Å²) in [5.74, 6) is -3.49. The molecule has 0 aromatic heterocycles. The Hall–Kier alpha value is -4.62. The van der Waals surface area contributed by atoms with Gasteiger partial charge in [-0.15, -0.1) is 0 Å². The lowest BCUT2D eigenvalue weighted by Gasteiger charge is -2.39. The van der Waals surface area contributed by atoms with Gasteiger partial charge in [0, 0.05) is 32.5 Å². The van der Waals surface area contributed by atoms with Crippen molar-refractivity contribution in [3.05, 3.63) is 35.9 Å². The second kappa shape index (κ2) is 17.0. The first kappa shape index (κ1) is 34.9. The maximum Gasteiger partial charge on any atom is 0.330 e. The molecule has 2 aliphatic heterocycles. The molecule has 0 saturated carbocycles. The molecule has 0 spiro atoms. The van der Waals surface area contributed by atoms with Crippen LogP contribution in [0.4, 0.5) is 4.79 Å². The maximum atomic E-state index is 13.4. The number of nitrogens with one attached hydrogen (secondary N) is 4. The summed E-state index contributed by atoms with van der Waals surface area (Å²) in [5, 5.41) is 9.93. The van der Waals surface area contributed by atoms with Gasteiger partial charge < -0.3 is 15.4 Å². The smallest absolute Gasteiger partial charge is 0.330 e. The predicted octanol–water partition coefficient (Wildman–Crippen LogP) is 1.11. The number of nitrogens with zero attached hydrogens (tertiary/aromatic N) is 1.